The molecule has 264 valence electrons. The van der Waals surface area contributed by atoms with Gasteiger partial charge >= 0.3 is 0 Å². The van der Waals surface area contributed by atoms with Gasteiger partial charge in [-0.25, -0.2) is 15.0 Å². The Hall–Kier alpha value is -7.43. The van der Waals surface area contributed by atoms with Crippen LogP contribution in [0.15, 0.2) is 199 Å². The van der Waals surface area contributed by atoms with Gasteiger partial charge in [-0.3, -0.25) is 0 Å². The van der Waals surface area contributed by atoms with Crippen LogP contribution in [0.25, 0.3) is 101 Å². The summed E-state index contributed by atoms with van der Waals surface area (Å²) in [7, 11) is 0. The van der Waals surface area contributed by atoms with Crippen molar-refractivity contribution in [1.82, 2.24) is 15.0 Å². The first kappa shape index (κ1) is 33.2. The standard InChI is InChI=1S/C52H35N3O/c1-34-14-10-22-40(30-34)43-24-8-9-25-45(43)52-54-50(41-23-12-21-39(32-41)38-20-11-19-37(31-38)35-15-4-2-5-16-35)53-51(55-52)42-28-29-46-48(33-42)56-47-27-13-26-44(49(46)47)36-17-6-3-7-18-36/h2-33H,1H3. The number of benzene rings is 8. The van der Waals surface area contributed by atoms with Crippen molar-refractivity contribution in [2.45, 2.75) is 6.92 Å². The lowest BCUT2D eigenvalue weighted by molar-refractivity contribution is 0.669. The molecule has 2 heterocycles. The molecular weight excluding hydrogens is 683 g/mol. The lowest BCUT2D eigenvalue weighted by Crippen LogP contribution is -2.01. The molecule has 0 saturated carbocycles. The molecule has 0 aliphatic rings. The van der Waals surface area contributed by atoms with Crippen molar-refractivity contribution in [3.63, 3.8) is 0 Å². The first-order chi connectivity index (χ1) is 27.6. The molecule has 0 spiro atoms. The van der Waals surface area contributed by atoms with Crippen molar-refractivity contribution in [2.24, 2.45) is 0 Å². The number of fused-ring (bicyclic) bond motifs is 3. The maximum atomic E-state index is 6.53. The van der Waals surface area contributed by atoms with E-state index in [1.165, 1.54) is 16.7 Å². The number of hydrogen-bond donors (Lipinski definition) is 0. The minimum Gasteiger partial charge on any atom is -0.456 e. The molecule has 10 rings (SSSR count). The van der Waals surface area contributed by atoms with Gasteiger partial charge in [0, 0.05) is 27.5 Å². The van der Waals surface area contributed by atoms with Gasteiger partial charge in [0.1, 0.15) is 11.2 Å². The van der Waals surface area contributed by atoms with Crippen molar-refractivity contribution in [1.29, 1.82) is 0 Å². The summed E-state index contributed by atoms with van der Waals surface area (Å²) in [4.78, 5) is 15.6. The Bertz CT molecular complexity index is 3040. The fraction of sp³-hybridized carbons (Fsp3) is 0.0192. The van der Waals surface area contributed by atoms with E-state index in [0.29, 0.717) is 17.5 Å². The highest BCUT2D eigenvalue weighted by atomic mass is 16.3. The maximum Gasteiger partial charge on any atom is 0.164 e. The van der Waals surface area contributed by atoms with Gasteiger partial charge in [-0.2, -0.15) is 0 Å². The monoisotopic (exact) mass is 717 g/mol. The molecule has 0 bridgehead atoms. The first-order valence-electron chi connectivity index (χ1n) is 18.8. The van der Waals surface area contributed by atoms with Crippen LogP contribution in [0.2, 0.25) is 0 Å². The topological polar surface area (TPSA) is 51.8 Å². The first-order valence-corrected chi connectivity index (χ1v) is 18.8. The zero-order chi connectivity index (χ0) is 37.4. The van der Waals surface area contributed by atoms with Crippen molar-refractivity contribution >= 4 is 21.9 Å². The lowest BCUT2D eigenvalue weighted by atomic mass is 9.97. The van der Waals surface area contributed by atoms with Gasteiger partial charge in [-0.1, -0.05) is 169 Å². The predicted octanol–water partition coefficient (Wildman–Crippen LogP) is 13.7. The van der Waals surface area contributed by atoms with Crippen LogP contribution in [0.3, 0.4) is 0 Å². The van der Waals surface area contributed by atoms with Crippen LogP contribution in [-0.2, 0) is 0 Å². The molecule has 0 radical (unpaired) electrons. The number of rotatable bonds is 7. The molecule has 0 aliphatic heterocycles. The summed E-state index contributed by atoms with van der Waals surface area (Å²) < 4.78 is 6.53. The van der Waals surface area contributed by atoms with Crippen LogP contribution in [-0.4, -0.2) is 15.0 Å². The number of furan rings is 1. The molecule has 0 unspecified atom stereocenters. The summed E-state index contributed by atoms with van der Waals surface area (Å²) in [5.74, 6) is 1.78. The van der Waals surface area contributed by atoms with E-state index in [1.54, 1.807) is 0 Å². The van der Waals surface area contributed by atoms with E-state index in [9.17, 15) is 0 Å². The Kier molecular flexibility index (Phi) is 8.34. The third-order valence-corrected chi connectivity index (χ3v) is 10.4. The predicted molar refractivity (Wildman–Crippen MR) is 230 cm³/mol. The minimum absolute atomic E-state index is 0.575. The third-order valence-electron chi connectivity index (χ3n) is 10.4. The SMILES string of the molecule is Cc1cccc(-c2ccccc2-c2nc(-c3cccc(-c4cccc(-c5ccccc5)c4)c3)nc(-c3ccc4c(c3)oc3cccc(-c5ccccc5)c34)n2)c1. The molecule has 0 atom stereocenters. The van der Waals surface area contributed by atoms with Crippen molar-refractivity contribution in [2.75, 3.05) is 0 Å². The second kappa shape index (κ2) is 14.1. The smallest absolute Gasteiger partial charge is 0.164 e. The minimum atomic E-state index is 0.575. The number of aryl methyl sites for hydroxylation is 1. The molecule has 0 saturated heterocycles. The van der Waals surface area contributed by atoms with Crippen molar-refractivity contribution < 1.29 is 4.42 Å². The van der Waals surface area contributed by atoms with Gasteiger partial charge in [0.2, 0.25) is 0 Å². The second-order valence-electron chi connectivity index (χ2n) is 14.1. The number of nitrogens with zero attached hydrogens (tertiary/aromatic N) is 3. The molecule has 0 N–H and O–H groups in total. The fourth-order valence-corrected chi connectivity index (χ4v) is 7.67. The van der Waals surface area contributed by atoms with Gasteiger partial charge in [0.15, 0.2) is 17.5 Å². The van der Waals surface area contributed by atoms with Gasteiger partial charge in [0.05, 0.1) is 0 Å². The van der Waals surface area contributed by atoms with E-state index < -0.39 is 0 Å². The largest absolute Gasteiger partial charge is 0.456 e. The molecule has 4 heteroatoms. The van der Waals surface area contributed by atoms with Gasteiger partial charge in [0.25, 0.3) is 0 Å². The molecule has 4 nitrogen and oxygen atoms in total. The zero-order valence-corrected chi connectivity index (χ0v) is 30.7. The van der Waals surface area contributed by atoms with E-state index in [-0.39, 0.29) is 0 Å². The summed E-state index contributed by atoms with van der Waals surface area (Å²) in [6.07, 6.45) is 0. The summed E-state index contributed by atoms with van der Waals surface area (Å²) >= 11 is 0. The third kappa shape index (κ3) is 6.23. The Balaban J connectivity index is 1.13. The molecule has 10 aromatic rings. The molecule has 0 fully saturated rings. The van der Waals surface area contributed by atoms with E-state index in [4.69, 9.17) is 19.4 Å². The van der Waals surface area contributed by atoms with Crippen molar-refractivity contribution in [3.8, 4) is 78.7 Å². The molecule has 8 aromatic carbocycles. The summed E-state index contributed by atoms with van der Waals surface area (Å²) in [5, 5.41) is 2.14. The van der Waals surface area contributed by atoms with Crippen LogP contribution in [0.5, 0.6) is 0 Å². The van der Waals surface area contributed by atoms with Crippen LogP contribution in [0.4, 0.5) is 0 Å². The Labute approximate surface area is 325 Å². The van der Waals surface area contributed by atoms with Crippen LogP contribution in [0, 0.1) is 6.92 Å². The Morgan fingerprint density at radius 1 is 0.321 bits per heavy atom. The van der Waals surface area contributed by atoms with Gasteiger partial charge < -0.3 is 4.42 Å². The summed E-state index contributed by atoms with van der Waals surface area (Å²) in [6.45, 7) is 2.12. The highest BCUT2D eigenvalue weighted by molar-refractivity contribution is 6.13. The lowest BCUT2D eigenvalue weighted by Gasteiger charge is -2.13. The molecule has 0 aliphatic carbocycles. The quantitative estimate of drug-likeness (QED) is 0.165. The number of hydrogen-bond acceptors (Lipinski definition) is 4. The molecule has 56 heavy (non-hydrogen) atoms. The second-order valence-corrected chi connectivity index (χ2v) is 14.1. The Morgan fingerprint density at radius 3 is 1.57 bits per heavy atom. The molecular formula is C52H35N3O. The van der Waals surface area contributed by atoms with Crippen LogP contribution >= 0.6 is 0 Å². The van der Waals surface area contributed by atoms with Crippen LogP contribution < -0.4 is 0 Å². The average Bonchev–Trinajstić information content (AvgIpc) is 3.65. The van der Waals surface area contributed by atoms with Gasteiger partial charge in [-0.05, 0) is 81.8 Å². The normalized spacial score (nSPS) is 11.3. The van der Waals surface area contributed by atoms with Gasteiger partial charge in [-0.15, -0.1) is 0 Å². The Morgan fingerprint density at radius 2 is 0.839 bits per heavy atom. The van der Waals surface area contributed by atoms with E-state index in [2.05, 4.69) is 177 Å². The van der Waals surface area contributed by atoms with E-state index in [1.807, 2.05) is 24.3 Å². The highest BCUT2D eigenvalue weighted by Crippen LogP contribution is 2.39. The van der Waals surface area contributed by atoms with Crippen LogP contribution in [0.1, 0.15) is 5.56 Å². The fourth-order valence-electron chi connectivity index (χ4n) is 7.67. The number of aromatic nitrogens is 3. The summed E-state index contributed by atoms with van der Waals surface area (Å²) in [5.41, 5.74) is 14.5. The average molecular weight is 718 g/mol. The molecule has 2 aromatic heterocycles. The maximum absolute atomic E-state index is 6.53. The molecule has 0 amide bonds. The van der Waals surface area contributed by atoms with Crippen molar-refractivity contribution in [3.05, 3.63) is 200 Å². The zero-order valence-electron chi connectivity index (χ0n) is 30.7. The van der Waals surface area contributed by atoms with E-state index in [0.717, 1.165) is 72.0 Å². The summed E-state index contributed by atoms with van der Waals surface area (Å²) in [6, 6.07) is 67.5. The highest BCUT2D eigenvalue weighted by Gasteiger charge is 2.18. The van der Waals surface area contributed by atoms with E-state index >= 15 is 0 Å².